The van der Waals surface area contributed by atoms with E-state index in [1.165, 1.54) is 16.8 Å². The number of fused-ring (bicyclic) bond motifs is 5. The first-order chi connectivity index (χ1) is 12.0. The molecule has 1 fully saturated rings. The van der Waals surface area contributed by atoms with Crippen molar-refractivity contribution >= 4 is 0 Å². The number of benzene rings is 1. The molecule has 140 valence electrons. The van der Waals surface area contributed by atoms with Crippen LogP contribution in [0, 0.1) is 5.41 Å². The van der Waals surface area contributed by atoms with Gasteiger partial charge in [0.15, 0.2) is 0 Å². The molecule has 0 unspecified atom stereocenters. The van der Waals surface area contributed by atoms with Gasteiger partial charge >= 0.3 is 6.18 Å². The predicted octanol–water partition coefficient (Wildman–Crippen LogP) is 4.43. The van der Waals surface area contributed by atoms with Crippen molar-refractivity contribution < 1.29 is 13.2 Å². The van der Waals surface area contributed by atoms with Crippen LogP contribution >= 0.6 is 0 Å². The zero-order valence-corrected chi connectivity index (χ0v) is 15.4. The minimum absolute atomic E-state index is 0.00243. The maximum atomic E-state index is 13.3. The van der Waals surface area contributed by atoms with Crippen molar-refractivity contribution in [2.75, 3.05) is 0 Å². The third-order valence-corrected chi connectivity index (χ3v) is 7.15. The van der Waals surface area contributed by atoms with Gasteiger partial charge in [-0.15, -0.1) is 0 Å². The summed E-state index contributed by atoms with van der Waals surface area (Å²) in [5.74, 6) is 0.181. The Morgan fingerprint density at radius 3 is 2.46 bits per heavy atom. The van der Waals surface area contributed by atoms with Crippen LogP contribution in [0.2, 0.25) is 0 Å². The molecule has 3 nitrogen and oxygen atoms in total. The molecular formula is C20H23F3N2O. The highest BCUT2D eigenvalue weighted by Gasteiger charge is 2.62. The summed E-state index contributed by atoms with van der Waals surface area (Å²) in [5, 5.41) is 0. The second-order valence-corrected chi connectivity index (χ2v) is 8.45. The van der Waals surface area contributed by atoms with Gasteiger partial charge in [0.25, 0.3) is 5.56 Å². The number of alkyl halides is 3. The van der Waals surface area contributed by atoms with Gasteiger partial charge < -0.3 is 0 Å². The van der Waals surface area contributed by atoms with E-state index in [0.717, 1.165) is 30.2 Å². The first kappa shape index (κ1) is 17.4. The monoisotopic (exact) mass is 364 g/mol. The van der Waals surface area contributed by atoms with Crippen LogP contribution in [0.3, 0.4) is 0 Å². The minimum atomic E-state index is -4.43. The molecule has 1 aromatic carbocycles. The van der Waals surface area contributed by atoms with Crippen LogP contribution in [-0.2, 0) is 25.2 Å². The van der Waals surface area contributed by atoms with Crippen molar-refractivity contribution in [1.29, 1.82) is 0 Å². The standard InChI is InChI=1S/C20H23F3N2O/c1-18(2)14-9-10-19(18,3)16-15(14)17(26)25(24(16)4)11-12-7-5-6-8-13(12)20(21,22)23/h5-8,14H,9-11H2,1-4H3/t14-,19+/m1/s1. The Morgan fingerprint density at radius 2 is 1.85 bits per heavy atom. The van der Waals surface area contributed by atoms with Crippen LogP contribution < -0.4 is 5.56 Å². The molecule has 1 aromatic heterocycles. The molecule has 2 atom stereocenters. The Morgan fingerprint density at radius 1 is 1.19 bits per heavy atom. The van der Waals surface area contributed by atoms with Crippen molar-refractivity contribution in [3.63, 3.8) is 0 Å². The highest BCUT2D eigenvalue weighted by Crippen LogP contribution is 2.66. The van der Waals surface area contributed by atoms with E-state index in [-0.39, 0.29) is 34.4 Å². The quantitative estimate of drug-likeness (QED) is 0.774. The van der Waals surface area contributed by atoms with Gasteiger partial charge in [0.1, 0.15) is 0 Å². The van der Waals surface area contributed by atoms with E-state index < -0.39 is 11.7 Å². The lowest BCUT2D eigenvalue weighted by Gasteiger charge is -2.36. The van der Waals surface area contributed by atoms with E-state index in [1.807, 2.05) is 4.68 Å². The van der Waals surface area contributed by atoms with Gasteiger partial charge in [0.05, 0.1) is 17.8 Å². The summed E-state index contributed by atoms with van der Waals surface area (Å²) in [6, 6.07) is 5.49. The normalized spacial score (nSPS) is 26.3. The zero-order chi connectivity index (χ0) is 19.1. The molecule has 0 aliphatic heterocycles. The molecule has 26 heavy (non-hydrogen) atoms. The number of hydrogen-bond donors (Lipinski definition) is 0. The number of halogens is 3. The molecule has 2 bridgehead atoms. The molecular weight excluding hydrogens is 341 g/mol. The molecule has 0 saturated heterocycles. The third kappa shape index (κ3) is 1.98. The summed E-state index contributed by atoms with van der Waals surface area (Å²) >= 11 is 0. The van der Waals surface area contributed by atoms with Crippen molar-refractivity contribution in [1.82, 2.24) is 9.36 Å². The van der Waals surface area contributed by atoms with Gasteiger partial charge in [-0.25, -0.2) is 4.68 Å². The highest BCUT2D eigenvalue weighted by atomic mass is 19.4. The topological polar surface area (TPSA) is 26.9 Å². The molecule has 0 N–H and O–H groups in total. The average Bonchev–Trinajstić information content (AvgIpc) is 3.00. The number of hydrogen-bond acceptors (Lipinski definition) is 1. The van der Waals surface area contributed by atoms with Crippen LogP contribution in [0.5, 0.6) is 0 Å². The van der Waals surface area contributed by atoms with Crippen LogP contribution in [0.1, 0.15) is 61.9 Å². The summed E-state index contributed by atoms with van der Waals surface area (Å²) in [4.78, 5) is 13.1. The van der Waals surface area contributed by atoms with E-state index in [4.69, 9.17) is 0 Å². The van der Waals surface area contributed by atoms with E-state index in [9.17, 15) is 18.0 Å². The first-order valence-corrected chi connectivity index (χ1v) is 8.95. The zero-order valence-electron chi connectivity index (χ0n) is 15.4. The summed E-state index contributed by atoms with van der Waals surface area (Å²) in [7, 11) is 1.80. The molecule has 2 aliphatic rings. The van der Waals surface area contributed by atoms with Crippen molar-refractivity contribution in [2.45, 2.75) is 57.7 Å². The predicted molar refractivity (Wildman–Crippen MR) is 93.3 cm³/mol. The third-order valence-electron chi connectivity index (χ3n) is 7.15. The fraction of sp³-hybridized carbons (Fsp3) is 0.550. The van der Waals surface area contributed by atoms with E-state index in [0.29, 0.717) is 0 Å². The molecule has 1 heterocycles. The highest BCUT2D eigenvalue weighted by molar-refractivity contribution is 5.45. The Bertz CT molecular complexity index is 951. The number of rotatable bonds is 2. The molecule has 0 spiro atoms. The molecule has 2 aliphatic carbocycles. The lowest BCUT2D eigenvalue weighted by Crippen LogP contribution is -2.35. The van der Waals surface area contributed by atoms with Gasteiger partial charge in [-0.1, -0.05) is 39.0 Å². The van der Waals surface area contributed by atoms with Crippen molar-refractivity contribution in [2.24, 2.45) is 12.5 Å². The Balaban J connectivity index is 1.85. The van der Waals surface area contributed by atoms with Gasteiger partial charge in [0.2, 0.25) is 0 Å². The van der Waals surface area contributed by atoms with Gasteiger partial charge in [-0.3, -0.25) is 9.48 Å². The van der Waals surface area contributed by atoms with Crippen LogP contribution in [-0.4, -0.2) is 9.36 Å². The maximum absolute atomic E-state index is 13.3. The van der Waals surface area contributed by atoms with Gasteiger partial charge in [-0.05, 0) is 35.8 Å². The van der Waals surface area contributed by atoms with Crippen LogP contribution in [0.15, 0.2) is 29.1 Å². The van der Waals surface area contributed by atoms with Crippen molar-refractivity contribution in [3.8, 4) is 0 Å². The first-order valence-electron chi connectivity index (χ1n) is 8.95. The second-order valence-electron chi connectivity index (χ2n) is 8.45. The molecule has 6 heteroatoms. The molecule has 4 rings (SSSR count). The van der Waals surface area contributed by atoms with Crippen molar-refractivity contribution in [3.05, 3.63) is 57.0 Å². The lowest BCUT2D eigenvalue weighted by atomic mass is 9.70. The van der Waals surface area contributed by atoms with Crippen LogP contribution in [0.25, 0.3) is 0 Å². The Kier molecular flexibility index (Phi) is 3.39. The summed E-state index contributed by atoms with van der Waals surface area (Å²) in [6.07, 6.45) is -2.45. The average molecular weight is 364 g/mol. The smallest absolute Gasteiger partial charge is 0.289 e. The maximum Gasteiger partial charge on any atom is 0.416 e. The fourth-order valence-corrected chi connectivity index (χ4v) is 5.34. The lowest BCUT2D eigenvalue weighted by molar-refractivity contribution is -0.138. The Hall–Kier alpha value is -1.98. The van der Waals surface area contributed by atoms with E-state index >= 15 is 0 Å². The van der Waals surface area contributed by atoms with Crippen LogP contribution in [0.4, 0.5) is 13.2 Å². The fourth-order valence-electron chi connectivity index (χ4n) is 5.34. The number of nitrogens with zero attached hydrogens (tertiary/aromatic N) is 2. The van der Waals surface area contributed by atoms with Gasteiger partial charge in [-0.2, -0.15) is 13.2 Å². The van der Waals surface area contributed by atoms with E-state index in [1.54, 1.807) is 13.1 Å². The molecule has 2 aromatic rings. The largest absolute Gasteiger partial charge is 0.416 e. The van der Waals surface area contributed by atoms with E-state index in [2.05, 4.69) is 20.8 Å². The minimum Gasteiger partial charge on any atom is -0.289 e. The van der Waals surface area contributed by atoms with Gasteiger partial charge in [0, 0.05) is 18.0 Å². The number of aromatic nitrogens is 2. The molecule has 0 radical (unpaired) electrons. The summed E-state index contributed by atoms with van der Waals surface area (Å²) in [5.41, 5.74) is 1.01. The molecule has 0 amide bonds. The molecule has 1 saturated carbocycles. The second kappa shape index (κ2) is 5.05. The SMILES string of the molecule is Cn1c2c(c(=O)n1Cc1ccccc1C(F)(F)F)[C@H]1CC[C@]2(C)C1(C)C. The summed E-state index contributed by atoms with van der Waals surface area (Å²) in [6.45, 7) is 6.52. The Labute approximate surface area is 150 Å². The summed E-state index contributed by atoms with van der Waals surface area (Å²) < 4.78 is 43.2.